The van der Waals surface area contributed by atoms with Gasteiger partial charge in [0.05, 0.1) is 10.9 Å². The Morgan fingerprint density at radius 1 is 1.07 bits per heavy atom. The van der Waals surface area contributed by atoms with Crippen molar-refractivity contribution in [3.63, 3.8) is 0 Å². The molecule has 3 rings (SSSR count). The minimum absolute atomic E-state index is 0.164. The molecule has 1 aliphatic rings. The van der Waals surface area contributed by atoms with Crippen molar-refractivity contribution in [2.24, 2.45) is 5.92 Å². The lowest BCUT2D eigenvalue weighted by Crippen LogP contribution is -2.38. The molecular formula is C21H26N2O3S. The van der Waals surface area contributed by atoms with Gasteiger partial charge in [-0.05, 0) is 49.4 Å². The molecule has 0 spiro atoms. The summed E-state index contributed by atoms with van der Waals surface area (Å²) in [5.74, 6) is 0.267. The molecule has 1 aliphatic heterocycles. The van der Waals surface area contributed by atoms with Crippen LogP contribution in [-0.4, -0.2) is 31.7 Å². The summed E-state index contributed by atoms with van der Waals surface area (Å²) in [4.78, 5) is 12.8. The third kappa shape index (κ3) is 4.57. The summed E-state index contributed by atoms with van der Waals surface area (Å²) in [5, 5.41) is 2.93. The first-order chi connectivity index (χ1) is 12.9. The highest BCUT2D eigenvalue weighted by atomic mass is 32.2. The highest BCUT2D eigenvalue weighted by Crippen LogP contribution is 2.24. The number of rotatable bonds is 5. The van der Waals surface area contributed by atoms with Crippen LogP contribution in [0.25, 0.3) is 0 Å². The molecule has 1 amide bonds. The summed E-state index contributed by atoms with van der Waals surface area (Å²) >= 11 is 0. The van der Waals surface area contributed by atoms with E-state index in [0.717, 1.165) is 18.4 Å². The fourth-order valence-corrected chi connectivity index (χ4v) is 4.79. The molecule has 144 valence electrons. The van der Waals surface area contributed by atoms with Gasteiger partial charge in [-0.3, -0.25) is 4.79 Å². The van der Waals surface area contributed by atoms with Gasteiger partial charge in [0.15, 0.2) is 0 Å². The van der Waals surface area contributed by atoms with E-state index in [-0.39, 0.29) is 16.8 Å². The van der Waals surface area contributed by atoms with Crippen LogP contribution in [0.15, 0.2) is 59.5 Å². The smallest absolute Gasteiger partial charge is 0.251 e. The number of hydrogen-bond acceptors (Lipinski definition) is 3. The molecule has 0 bridgehead atoms. The summed E-state index contributed by atoms with van der Waals surface area (Å²) in [7, 11) is -3.57. The average Bonchev–Trinajstić information content (AvgIpc) is 2.69. The highest BCUT2D eigenvalue weighted by Gasteiger charge is 2.28. The molecule has 27 heavy (non-hydrogen) atoms. The number of nitrogens with one attached hydrogen (secondary N) is 1. The Morgan fingerprint density at radius 2 is 1.74 bits per heavy atom. The van der Waals surface area contributed by atoms with Gasteiger partial charge in [0.1, 0.15) is 0 Å². The molecule has 1 fully saturated rings. The van der Waals surface area contributed by atoms with Crippen molar-refractivity contribution in [2.45, 2.75) is 37.6 Å². The Balaban J connectivity index is 1.76. The van der Waals surface area contributed by atoms with E-state index in [9.17, 15) is 13.2 Å². The second-order valence-electron chi connectivity index (χ2n) is 7.22. The molecule has 1 N–H and O–H groups in total. The minimum atomic E-state index is -3.57. The molecule has 0 radical (unpaired) electrons. The fourth-order valence-electron chi connectivity index (χ4n) is 3.28. The zero-order valence-electron chi connectivity index (χ0n) is 15.8. The number of hydrogen-bond donors (Lipinski definition) is 1. The van der Waals surface area contributed by atoms with Crippen LogP contribution >= 0.6 is 0 Å². The summed E-state index contributed by atoms with van der Waals surface area (Å²) in [6, 6.07) is 15.8. The van der Waals surface area contributed by atoms with Gasteiger partial charge >= 0.3 is 0 Å². The predicted octanol–water partition coefficient (Wildman–Crippen LogP) is 3.60. The van der Waals surface area contributed by atoms with Gasteiger partial charge in [0.2, 0.25) is 10.0 Å². The molecule has 2 aromatic rings. The molecule has 0 unspecified atom stereocenters. The molecule has 5 nitrogen and oxygen atoms in total. The fraction of sp³-hybridized carbons (Fsp3) is 0.381. The van der Waals surface area contributed by atoms with Crippen LogP contribution in [0, 0.1) is 5.92 Å². The number of carbonyl (C=O) groups excluding carboxylic acids is 1. The molecule has 2 aromatic carbocycles. The standard InChI is InChI=1S/C21H26N2O3S/c1-16-11-13-23(14-12-16)27(25,26)20-10-6-9-19(15-20)21(24)22-17(2)18-7-4-3-5-8-18/h3-10,15-17H,11-14H2,1-2H3,(H,22,24)/t17-/m1/s1. The average molecular weight is 387 g/mol. The van der Waals surface area contributed by atoms with Gasteiger partial charge in [0, 0.05) is 18.7 Å². The second kappa shape index (κ2) is 8.23. The molecule has 6 heteroatoms. The largest absolute Gasteiger partial charge is 0.346 e. The number of nitrogens with zero attached hydrogens (tertiary/aromatic N) is 1. The van der Waals surface area contributed by atoms with Crippen molar-refractivity contribution in [3.05, 3.63) is 65.7 Å². The molecule has 1 heterocycles. The van der Waals surface area contributed by atoms with Crippen molar-refractivity contribution in [1.82, 2.24) is 9.62 Å². The van der Waals surface area contributed by atoms with E-state index in [4.69, 9.17) is 0 Å². The topological polar surface area (TPSA) is 66.5 Å². The molecule has 0 saturated carbocycles. The predicted molar refractivity (Wildman–Crippen MR) is 106 cm³/mol. The van der Waals surface area contributed by atoms with Crippen LogP contribution in [0.3, 0.4) is 0 Å². The van der Waals surface area contributed by atoms with Crippen LogP contribution in [0.5, 0.6) is 0 Å². The lowest BCUT2D eigenvalue weighted by Gasteiger charge is -2.29. The van der Waals surface area contributed by atoms with Crippen LogP contribution in [0.4, 0.5) is 0 Å². The van der Waals surface area contributed by atoms with E-state index < -0.39 is 10.0 Å². The first kappa shape index (κ1) is 19.6. The first-order valence-corrected chi connectivity index (χ1v) is 10.8. The first-order valence-electron chi connectivity index (χ1n) is 9.34. The second-order valence-corrected chi connectivity index (χ2v) is 9.16. The van der Waals surface area contributed by atoms with Crippen molar-refractivity contribution in [2.75, 3.05) is 13.1 Å². The molecule has 1 atom stereocenters. The number of sulfonamides is 1. The third-order valence-electron chi connectivity index (χ3n) is 5.12. The van der Waals surface area contributed by atoms with E-state index in [1.165, 1.54) is 10.4 Å². The SMILES string of the molecule is CC1CCN(S(=O)(=O)c2cccc(C(=O)N[C@H](C)c3ccccc3)c2)CC1. The van der Waals surface area contributed by atoms with Crippen molar-refractivity contribution < 1.29 is 13.2 Å². The van der Waals surface area contributed by atoms with Crippen LogP contribution in [0.1, 0.15) is 48.7 Å². The maximum Gasteiger partial charge on any atom is 0.251 e. The van der Waals surface area contributed by atoms with E-state index in [1.54, 1.807) is 18.2 Å². The van der Waals surface area contributed by atoms with Gasteiger partial charge in [-0.1, -0.05) is 43.3 Å². The van der Waals surface area contributed by atoms with Gasteiger partial charge in [-0.15, -0.1) is 0 Å². The summed E-state index contributed by atoms with van der Waals surface area (Å²) in [6.07, 6.45) is 1.74. The van der Waals surface area contributed by atoms with Gasteiger partial charge in [-0.2, -0.15) is 4.31 Å². The van der Waals surface area contributed by atoms with Gasteiger partial charge in [-0.25, -0.2) is 8.42 Å². The molecular weight excluding hydrogens is 360 g/mol. The Hall–Kier alpha value is -2.18. The number of benzene rings is 2. The van der Waals surface area contributed by atoms with E-state index in [1.807, 2.05) is 37.3 Å². The Morgan fingerprint density at radius 3 is 2.41 bits per heavy atom. The molecule has 1 saturated heterocycles. The Bertz CT molecular complexity index is 889. The maximum atomic E-state index is 12.9. The summed E-state index contributed by atoms with van der Waals surface area (Å²) in [5.41, 5.74) is 1.35. The highest BCUT2D eigenvalue weighted by molar-refractivity contribution is 7.89. The zero-order chi connectivity index (χ0) is 19.4. The van der Waals surface area contributed by atoms with Crippen molar-refractivity contribution in [3.8, 4) is 0 Å². The number of carbonyl (C=O) groups is 1. The van der Waals surface area contributed by atoms with Crippen LogP contribution in [0.2, 0.25) is 0 Å². The van der Waals surface area contributed by atoms with E-state index in [0.29, 0.717) is 24.6 Å². The number of amides is 1. The van der Waals surface area contributed by atoms with Crippen LogP contribution in [-0.2, 0) is 10.0 Å². The van der Waals surface area contributed by atoms with Crippen molar-refractivity contribution in [1.29, 1.82) is 0 Å². The lowest BCUT2D eigenvalue weighted by atomic mass is 10.0. The number of piperidine rings is 1. The zero-order valence-corrected chi connectivity index (χ0v) is 16.6. The van der Waals surface area contributed by atoms with Crippen LogP contribution < -0.4 is 5.32 Å². The molecule has 0 aliphatic carbocycles. The summed E-state index contributed by atoms with van der Waals surface area (Å²) in [6.45, 7) is 5.11. The maximum absolute atomic E-state index is 12.9. The van der Waals surface area contributed by atoms with E-state index in [2.05, 4.69) is 12.2 Å². The normalized spacial score (nSPS) is 17.4. The Kier molecular flexibility index (Phi) is 5.97. The summed E-state index contributed by atoms with van der Waals surface area (Å²) < 4.78 is 27.3. The lowest BCUT2D eigenvalue weighted by molar-refractivity contribution is 0.0939. The van der Waals surface area contributed by atoms with Crippen molar-refractivity contribution >= 4 is 15.9 Å². The quantitative estimate of drug-likeness (QED) is 0.854. The Labute approximate surface area is 161 Å². The van der Waals surface area contributed by atoms with E-state index >= 15 is 0 Å². The monoisotopic (exact) mass is 386 g/mol. The minimum Gasteiger partial charge on any atom is -0.346 e. The van der Waals surface area contributed by atoms with Gasteiger partial charge < -0.3 is 5.32 Å². The third-order valence-corrected chi connectivity index (χ3v) is 7.02. The molecule has 0 aromatic heterocycles. The van der Waals surface area contributed by atoms with Gasteiger partial charge in [0.25, 0.3) is 5.91 Å².